The summed E-state index contributed by atoms with van der Waals surface area (Å²) in [4.78, 5) is 6.76. The second kappa shape index (κ2) is 6.59. The summed E-state index contributed by atoms with van der Waals surface area (Å²) in [6, 6.07) is 18.0. The number of piperidine rings is 1. The maximum Gasteiger partial charge on any atom is 0.141 e. The lowest BCUT2D eigenvalue weighted by molar-refractivity contribution is 0.0951. The van der Waals surface area contributed by atoms with Gasteiger partial charge in [0.2, 0.25) is 0 Å². The molecule has 1 saturated heterocycles. The first-order valence-electron chi connectivity index (χ1n) is 8.70. The van der Waals surface area contributed by atoms with Gasteiger partial charge in [0.05, 0.1) is 0 Å². The van der Waals surface area contributed by atoms with Crippen molar-refractivity contribution in [2.24, 2.45) is 0 Å². The van der Waals surface area contributed by atoms with Gasteiger partial charge < -0.3 is 0 Å². The summed E-state index contributed by atoms with van der Waals surface area (Å²) in [6.45, 7) is 1.03. The van der Waals surface area contributed by atoms with E-state index in [0.717, 1.165) is 18.5 Å². The van der Waals surface area contributed by atoms with Crippen LogP contribution in [-0.2, 0) is 6.54 Å². The molecule has 2 aliphatic heterocycles. The van der Waals surface area contributed by atoms with Crippen LogP contribution in [-0.4, -0.2) is 22.0 Å². The summed E-state index contributed by atoms with van der Waals surface area (Å²) in [5.74, 6) is 0. The smallest absolute Gasteiger partial charge is 0.141 e. The van der Waals surface area contributed by atoms with E-state index in [-0.39, 0.29) is 0 Å². The lowest BCUT2D eigenvalue weighted by Gasteiger charge is -2.45. The van der Waals surface area contributed by atoms with E-state index in [1.807, 2.05) is 12.1 Å². The standard InChI is InChI=1S/C21H21N3/c22-14-19-11-17(9-10-23-19)18-12-20-7-4-8-21(13-18)24(20)15-16-5-2-1-3-6-16/h1-3,5-6,9-12,20-21H,4,7-8,13,15H2. The number of nitriles is 1. The average Bonchev–Trinajstić information content (AvgIpc) is 2.62. The van der Waals surface area contributed by atoms with Gasteiger partial charge in [-0.3, -0.25) is 4.90 Å². The van der Waals surface area contributed by atoms with Crippen LogP contribution in [0, 0.1) is 11.3 Å². The Hall–Kier alpha value is -2.44. The number of benzene rings is 1. The minimum Gasteiger partial charge on any atom is -0.289 e. The molecule has 24 heavy (non-hydrogen) atoms. The van der Waals surface area contributed by atoms with Crippen LogP contribution < -0.4 is 0 Å². The molecule has 2 atom stereocenters. The van der Waals surface area contributed by atoms with E-state index in [0.29, 0.717) is 17.8 Å². The van der Waals surface area contributed by atoms with Crippen molar-refractivity contribution >= 4 is 5.57 Å². The van der Waals surface area contributed by atoms with Gasteiger partial charge in [-0.1, -0.05) is 42.8 Å². The van der Waals surface area contributed by atoms with Gasteiger partial charge in [-0.25, -0.2) is 4.98 Å². The number of hydrogen-bond acceptors (Lipinski definition) is 3. The summed E-state index contributed by atoms with van der Waals surface area (Å²) in [7, 11) is 0. The molecule has 3 heteroatoms. The Balaban J connectivity index is 1.61. The van der Waals surface area contributed by atoms with Crippen molar-refractivity contribution in [2.75, 3.05) is 0 Å². The SMILES string of the molecule is N#Cc1cc(C2=CC3CCCC(C2)N3Cc2ccccc2)ccn1. The number of nitrogens with zero attached hydrogens (tertiary/aromatic N) is 3. The Labute approximate surface area is 143 Å². The van der Waals surface area contributed by atoms with E-state index in [1.165, 1.54) is 30.4 Å². The molecule has 0 radical (unpaired) electrons. The molecule has 1 fully saturated rings. The van der Waals surface area contributed by atoms with Crippen molar-refractivity contribution in [3.8, 4) is 6.07 Å². The molecular formula is C21H21N3. The monoisotopic (exact) mass is 315 g/mol. The number of rotatable bonds is 3. The highest BCUT2D eigenvalue weighted by Gasteiger charge is 2.34. The average molecular weight is 315 g/mol. The third-order valence-electron chi connectivity index (χ3n) is 5.23. The van der Waals surface area contributed by atoms with Gasteiger partial charge in [0.1, 0.15) is 11.8 Å². The molecule has 0 aliphatic carbocycles. The fourth-order valence-corrected chi connectivity index (χ4v) is 4.06. The van der Waals surface area contributed by atoms with Crippen molar-refractivity contribution < 1.29 is 0 Å². The third-order valence-corrected chi connectivity index (χ3v) is 5.23. The van der Waals surface area contributed by atoms with Crippen molar-refractivity contribution in [1.29, 1.82) is 5.26 Å². The molecule has 0 spiro atoms. The highest BCUT2D eigenvalue weighted by Crippen LogP contribution is 2.37. The Morgan fingerprint density at radius 2 is 2.04 bits per heavy atom. The summed E-state index contributed by atoms with van der Waals surface area (Å²) in [6.07, 6.45) is 9.04. The number of pyridine rings is 1. The molecule has 2 aliphatic rings. The van der Waals surface area contributed by atoms with E-state index in [1.54, 1.807) is 6.20 Å². The van der Waals surface area contributed by atoms with Crippen LogP contribution >= 0.6 is 0 Å². The fourth-order valence-electron chi connectivity index (χ4n) is 4.06. The summed E-state index contributed by atoms with van der Waals surface area (Å²) in [5, 5.41) is 9.09. The maximum absolute atomic E-state index is 9.09. The van der Waals surface area contributed by atoms with Gasteiger partial charge in [-0.05, 0) is 48.1 Å². The van der Waals surface area contributed by atoms with Gasteiger partial charge in [0.15, 0.2) is 0 Å². The third kappa shape index (κ3) is 2.98. The molecule has 4 rings (SSSR count). The topological polar surface area (TPSA) is 39.9 Å². The maximum atomic E-state index is 9.09. The zero-order chi connectivity index (χ0) is 16.4. The predicted octanol–water partition coefficient (Wildman–Crippen LogP) is 4.16. The highest BCUT2D eigenvalue weighted by molar-refractivity contribution is 5.68. The fraction of sp³-hybridized carbons (Fsp3) is 0.333. The predicted molar refractivity (Wildman–Crippen MR) is 95.0 cm³/mol. The Morgan fingerprint density at radius 1 is 1.17 bits per heavy atom. The normalized spacial score (nSPS) is 23.4. The minimum absolute atomic E-state index is 0.505. The number of aromatic nitrogens is 1. The van der Waals surface area contributed by atoms with Crippen molar-refractivity contribution in [1.82, 2.24) is 9.88 Å². The van der Waals surface area contributed by atoms with Crippen LogP contribution in [0.1, 0.15) is 42.5 Å². The van der Waals surface area contributed by atoms with Crippen LogP contribution in [0.5, 0.6) is 0 Å². The Morgan fingerprint density at radius 3 is 2.83 bits per heavy atom. The van der Waals surface area contributed by atoms with E-state index in [2.05, 4.69) is 52.4 Å². The highest BCUT2D eigenvalue weighted by atomic mass is 15.2. The summed E-state index contributed by atoms with van der Waals surface area (Å²) in [5.41, 5.74) is 4.44. The van der Waals surface area contributed by atoms with Crippen molar-refractivity contribution in [3.05, 3.63) is 71.6 Å². The zero-order valence-electron chi connectivity index (χ0n) is 13.7. The van der Waals surface area contributed by atoms with Crippen LogP contribution in [0.2, 0.25) is 0 Å². The molecular weight excluding hydrogens is 294 g/mol. The van der Waals surface area contributed by atoms with Crippen LogP contribution in [0.15, 0.2) is 54.7 Å². The van der Waals surface area contributed by atoms with Gasteiger partial charge >= 0.3 is 0 Å². The first-order valence-corrected chi connectivity index (χ1v) is 8.70. The molecule has 0 N–H and O–H groups in total. The molecule has 1 aromatic heterocycles. The number of hydrogen-bond donors (Lipinski definition) is 0. The minimum atomic E-state index is 0.505. The van der Waals surface area contributed by atoms with E-state index < -0.39 is 0 Å². The zero-order valence-corrected chi connectivity index (χ0v) is 13.7. The Bertz CT molecular complexity index is 788. The lowest BCUT2D eigenvalue weighted by atomic mass is 9.82. The second-order valence-electron chi connectivity index (χ2n) is 6.75. The molecule has 0 amide bonds. The second-order valence-corrected chi connectivity index (χ2v) is 6.75. The van der Waals surface area contributed by atoms with E-state index in [9.17, 15) is 0 Å². The van der Waals surface area contributed by atoms with Gasteiger partial charge in [0.25, 0.3) is 0 Å². The first-order chi connectivity index (χ1) is 11.8. The van der Waals surface area contributed by atoms with Gasteiger partial charge in [0, 0.05) is 24.8 Å². The molecule has 120 valence electrons. The molecule has 3 heterocycles. The number of fused-ring (bicyclic) bond motifs is 2. The first kappa shape index (κ1) is 15.1. The van der Waals surface area contributed by atoms with Crippen molar-refractivity contribution in [2.45, 2.75) is 44.3 Å². The van der Waals surface area contributed by atoms with Gasteiger partial charge in [-0.15, -0.1) is 0 Å². The molecule has 3 nitrogen and oxygen atoms in total. The Kier molecular flexibility index (Phi) is 4.15. The molecule has 0 saturated carbocycles. The van der Waals surface area contributed by atoms with Gasteiger partial charge in [-0.2, -0.15) is 5.26 Å². The van der Waals surface area contributed by atoms with Crippen LogP contribution in [0.4, 0.5) is 0 Å². The molecule has 2 aromatic rings. The lowest BCUT2D eigenvalue weighted by Crippen LogP contribution is -2.47. The molecule has 2 unspecified atom stereocenters. The quantitative estimate of drug-likeness (QED) is 0.853. The largest absolute Gasteiger partial charge is 0.289 e. The van der Waals surface area contributed by atoms with E-state index >= 15 is 0 Å². The summed E-state index contributed by atoms with van der Waals surface area (Å²) >= 11 is 0. The molecule has 1 aromatic carbocycles. The summed E-state index contributed by atoms with van der Waals surface area (Å²) < 4.78 is 0. The van der Waals surface area contributed by atoms with Crippen LogP contribution in [0.25, 0.3) is 5.57 Å². The van der Waals surface area contributed by atoms with Crippen molar-refractivity contribution in [3.63, 3.8) is 0 Å². The van der Waals surface area contributed by atoms with Crippen LogP contribution in [0.3, 0.4) is 0 Å². The molecule has 2 bridgehead atoms. The van der Waals surface area contributed by atoms with E-state index in [4.69, 9.17) is 5.26 Å².